The summed E-state index contributed by atoms with van der Waals surface area (Å²) < 4.78 is 40.5. The second-order valence-electron chi connectivity index (χ2n) is 6.77. The monoisotopic (exact) mass is 379 g/mol. The molecule has 2 aromatic rings. The van der Waals surface area contributed by atoms with E-state index in [4.69, 9.17) is 0 Å². The highest BCUT2D eigenvalue weighted by Crippen LogP contribution is 2.28. The maximum atomic E-state index is 13.4. The van der Waals surface area contributed by atoms with Gasteiger partial charge in [0.25, 0.3) is 0 Å². The normalized spacial score (nSPS) is 16.8. The van der Waals surface area contributed by atoms with Gasteiger partial charge in [0.15, 0.2) is 5.78 Å². The number of benzene rings is 1. The number of halogens is 1. The highest BCUT2D eigenvalue weighted by atomic mass is 32.2. The second-order valence-corrected chi connectivity index (χ2v) is 8.64. The number of Topliss-reactive ketones (excluding diaryl/α,β-unsaturated/α-hetero) is 1. The summed E-state index contributed by atoms with van der Waals surface area (Å²) in [7, 11) is -3.63. The minimum atomic E-state index is -3.63. The van der Waals surface area contributed by atoms with E-state index in [-0.39, 0.29) is 35.5 Å². The van der Waals surface area contributed by atoms with Crippen molar-refractivity contribution in [1.29, 1.82) is 0 Å². The molecule has 0 radical (unpaired) electrons. The van der Waals surface area contributed by atoms with E-state index in [1.807, 2.05) is 0 Å². The lowest BCUT2D eigenvalue weighted by Crippen LogP contribution is -2.40. The molecule has 0 saturated carbocycles. The molecule has 1 aliphatic heterocycles. The van der Waals surface area contributed by atoms with Crippen LogP contribution in [-0.4, -0.2) is 41.8 Å². The molecule has 0 amide bonds. The molecule has 0 bridgehead atoms. The van der Waals surface area contributed by atoms with Crippen LogP contribution in [0, 0.1) is 32.5 Å². The third kappa shape index (κ3) is 3.31. The lowest BCUT2D eigenvalue weighted by molar-refractivity contribution is 0.0875. The predicted molar refractivity (Wildman–Crippen MR) is 95.0 cm³/mol. The molecule has 1 aromatic carbocycles. The van der Waals surface area contributed by atoms with Crippen molar-refractivity contribution >= 4 is 15.8 Å². The van der Waals surface area contributed by atoms with Crippen molar-refractivity contribution in [3.8, 4) is 0 Å². The number of carbonyl (C=O) groups excluding carboxylic acids is 1. The van der Waals surface area contributed by atoms with Gasteiger partial charge >= 0.3 is 0 Å². The largest absolute Gasteiger partial charge is 0.294 e. The zero-order valence-electron chi connectivity index (χ0n) is 15.0. The van der Waals surface area contributed by atoms with E-state index in [1.165, 1.54) is 16.4 Å². The number of hydrogen-bond donors (Lipinski definition) is 1. The molecule has 6 nitrogen and oxygen atoms in total. The maximum Gasteiger partial charge on any atom is 0.246 e. The summed E-state index contributed by atoms with van der Waals surface area (Å²) in [6.07, 6.45) is 0.898. The molecule has 0 unspecified atom stereocenters. The molecule has 1 aliphatic rings. The van der Waals surface area contributed by atoms with Crippen LogP contribution in [0.1, 0.15) is 40.2 Å². The zero-order chi connectivity index (χ0) is 19.1. The van der Waals surface area contributed by atoms with Crippen molar-refractivity contribution in [3.63, 3.8) is 0 Å². The molecule has 140 valence electrons. The van der Waals surface area contributed by atoms with Crippen molar-refractivity contribution < 1.29 is 17.6 Å². The summed E-state index contributed by atoms with van der Waals surface area (Å²) in [6, 6.07) is 4.34. The van der Waals surface area contributed by atoms with Crippen molar-refractivity contribution in [2.24, 2.45) is 5.92 Å². The molecular formula is C18H22FN3O3S. The molecule has 1 fully saturated rings. The van der Waals surface area contributed by atoms with Gasteiger partial charge in [-0.2, -0.15) is 9.40 Å². The Hall–Kier alpha value is -2.06. The summed E-state index contributed by atoms with van der Waals surface area (Å²) in [5.41, 5.74) is 1.87. The van der Waals surface area contributed by atoms with Crippen LogP contribution in [0.4, 0.5) is 4.39 Å². The van der Waals surface area contributed by atoms with Crippen molar-refractivity contribution in [3.05, 3.63) is 46.5 Å². The van der Waals surface area contributed by atoms with Gasteiger partial charge in [-0.15, -0.1) is 0 Å². The van der Waals surface area contributed by atoms with Crippen molar-refractivity contribution in [2.75, 3.05) is 13.1 Å². The molecule has 0 atom stereocenters. The van der Waals surface area contributed by atoms with Crippen LogP contribution in [0.3, 0.4) is 0 Å². The topological polar surface area (TPSA) is 83.1 Å². The van der Waals surface area contributed by atoms with E-state index in [0.29, 0.717) is 35.4 Å². The van der Waals surface area contributed by atoms with Gasteiger partial charge < -0.3 is 0 Å². The minimum absolute atomic E-state index is 0.0548. The lowest BCUT2D eigenvalue weighted by atomic mass is 9.89. The second kappa shape index (κ2) is 6.92. The Labute approximate surface area is 152 Å². The smallest absolute Gasteiger partial charge is 0.246 e. The molecule has 0 spiro atoms. The first-order chi connectivity index (χ1) is 12.2. The number of H-pyrrole nitrogens is 1. The molecule has 1 saturated heterocycles. The number of aryl methyl sites for hydroxylation is 3. The number of carbonyl (C=O) groups is 1. The standard InChI is InChI=1S/C18H22FN3O3S/c1-11-10-15(4-5-16(11)19)17(23)14-6-8-22(9-7-14)26(24,25)18-12(2)20-21-13(18)3/h4-5,10,14H,6-9H2,1-3H3,(H,20,21). The number of rotatable bonds is 4. The molecule has 2 heterocycles. The fraction of sp³-hybridized carbons (Fsp3) is 0.444. The number of aromatic nitrogens is 2. The molecule has 1 N–H and O–H groups in total. The van der Waals surface area contributed by atoms with Crippen LogP contribution in [0.25, 0.3) is 0 Å². The first-order valence-electron chi connectivity index (χ1n) is 8.54. The Kier molecular flexibility index (Phi) is 4.98. The van der Waals surface area contributed by atoms with Gasteiger partial charge in [0.2, 0.25) is 10.0 Å². The van der Waals surface area contributed by atoms with E-state index in [1.54, 1.807) is 26.8 Å². The number of piperidine rings is 1. The summed E-state index contributed by atoms with van der Waals surface area (Å²) in [6.45, 7) is 5.52. The van der Waals surface area contributed by atoms with Crippen molar-refractivity contribution in [2.45, 2.75) is 38.5 Å². The quantitative estimate of drug-likeness (QED) is 0.828. The Bertz CT molecular complexity index is 925. The number of nitrogens with zero attached hydrogens (tertiary/aromatic N) is 2. The minimum Gasteiger partial charge on any atom is -0.294 e. The van der Waals surface area contributed by atoms with Crippen LogP contribution in [0.5, 0.6) is 0 Å². The van der Waals surface area contributed by atoms with Crippen molar-refractivity contribution in [1.82, 2.24) is 14.5 Å². The third-order valence-electron chi connectivity index (χ3n) is 4.93. The summed E-state index contributed by atoms with van der Waals surface area (Å²) in [5.74, 6) is -0.646. The zero-order valence-corrected chi connectivity index (χ0v) is 15.9. The van der Waals surface area contributed by atoms with Gasteiger partial charge in [0.1, 0.15) is 10.7 Å². The van der Waals surface area contributed by atoms with E-state index in [0.717, 1.165) is 0 Å². The number of hydrogen-bond acceptors (Lipinski definition) is 4. The van der Waals surface area contributed by atoms with Crippen LogP contribution in [-0.2, 0) is 10.0 Å². The first kappa shape index (κ1) is 18.7. The number of sulfonamides is 1. The number of nitrogens with one attached hydrogen (secondary N) is 1. The molecule has 26 heavy (non-hydrogen) atoms. The Balaban J connectivity index is 1.73. The first-order valence-corrected chi connectivity index (χ1v) is 9.98. The maximum absolute atomic E-state index is 13.4. The average molecular weight is 379 g/mol. The fourth-order valence-corrected chi connectivity index (χ4v) is 5.24. The van der Waals surface area contributed by atoms with Gasteiger partial charge in [-0.3, -0.25) is 9.89 Å². The van der Waals surface area contributed by atoms with E-state index in [9.17, 15) is 17.6 Å². The molecule has 3 rings (SSSR count). The van der Waals surface area contributed by atoms with Gasteiger partial charge in [-0.25, -0.2) is 12.8 Å². The van der Waals surface area contributed by atoms with E-state index >= 15 is 0 Å². The predicted octanol–water partition coefficient (Wildman–Crippen LogP) is 2.76. The van der Waals surface area contributed by atoms with Crippen LogP contribution >= 0.6 is 0 Å². The highest BCUT2D eigenvalue weighted by Gasteiger charge is 2.34. The highest BCUT2D eigenvalue weighted by molar-refractivity contribution is 7.89. The summed E-state index contributed by atoms with van der Waals surface area (Å²) in [4.78, 5) is 12.9. The SMILES string of the molecule is Cc1cc(C(=O)C2CCN(S(=O)(=O)c3c(C)n[nH]c3C)CC2)ccc1F. The van der Waals surface area contributed by atoms with Crippen LogP contribution in [0.15, 0.2) is 23.1 Å². The van der Waals surface area contributed by atoms with Crippen LogP contribution < -0.4 is 0 Å². The summed E-state index contributed by atoms with van der Waals surface area (Å²) >= 11 is 0. The molecule has 8 heteroatoms. The van der Waals surface area contributed by atoms with E-state index in [2.05, 4.69) is 10.2 Å². The third-order valence-corrected chi connectivity index (χ3v) is 7.09. The molecular weight excluding hydrogens is 357 g/mol. The molecule has 0 aliphatic carbocycles. The number of ketones is 1. The lowest BCUT2D eigenvalue weighted by Gasteiger charge is -2.30. The Morgan fingerprint density at radius 2 is 1.88 bits per heavy atom. The van der Waals surface area contributed by atoms with Gasteiger partial charge in [-0.1, -0.05) is 0 Å². The van der Waals surface area contributed by atoms with Crippen LogP contribution in [0.2, 0.25) is 0 Å². The van der Waals surface area contributed by atoms with E-state index < -0.39 is 10.0 Å². The Morgan fingerprint density at radius 1 is 1.23 bits per heavy atom. The fourth-order valence-electron chi connectivity index (χ4n) is 3.44. The number of aromatic amines is 1. The van der Waals surface area contributed by atoms with Gasteiger partial charge in [-0.05, 0) is 57.4 Å². The van der Waals surface area contributed by atoms with Gasteiger partial charge in [0.05, 0.1) is 11.4 Å². The van der Waals surface area contributed by atoms with Gasteiger partial charge in [0, 0.05) is 24.6 Å². The average Bonchev–Trinajstić information content (AvgIpc) is 2.96. The Morgan fingerprint density at radius 3 is 2.42 bits per heavy atom. The molecule has 1 aromatic heterocycles. The summed E-state index contributed by atoms with van der Waals surface area (Å²) in [5, 5.41) is 6.66.